The van der Waals surface area contributed by atoms with E-state index in [4.69, 9.17) is 0 Å². The first-order valence-corrected chi connectivity index (χ1v) is 5.57. The number of carbonyl (C=O) groups is 1. The van der Waals surface area contributed by atoms with E-state index in [1.54, 1.807) is 19.0 Å². The molecule has 0 aromatic rings. The minimum atomic E-state index is 0.171. The molecule has 0 saturated heterocycles. The molecule has 82 valence electrons. The van der Waals surface area contributed by atoms with Gasteiger partial charge in [0.25, 0.3) is 0 Å². The average Bonchev–Trinajstić information content (AvgIpc) is 2.61. The Hall–Kier alpha value is -0.570. The number of likely N-dealkylation sites (N-methyl/N-ethyl adjacent to an activating group) is 1. The molecule has 0 aliphatic heterocycles. The van der Waals surface area contributed by atoms with Gasteiger partial charge in [0.15, 0.2) is 0 Å². The third kappa shape index (κ3) is 3.29. The first kappa shape index (κ1) is 11.5. The van der Waals surface area contributed by atoms with Gasteiger partial charge in [0, 0.05) is 20.1 Å². The highest BCUT2D eigenvalue weighted by Crippen LogP contribution is 2.27. The Balaban J connectivity index is 2.17. The van der Waals surface area contributed by atoms with Crippen molar-refractivity contribution in [1.29, 1.82) is 0 Å². The summed E-state index contributed by atoms with van der Waals surface area (Å²) in [5, 5.41) is 3.34. The predicted molar refractivity (Wildman–Crippen MR) is 58.1 cm³/mol. The quantitative estimate of drug-likeness (QED) is 0.737. The van der Waals surface area contributed by atoms with Crippen molar-refractivity contribution in [2.24, 2.45) is 5.92 Å². The number of rotatable bonds is 4. The van der Waals surface area contributed by atoms with E-state index >= 15 is 0 Å². The summed E-state index contributed by atoms with van der Waals surface area (Å²) in [6.07, 6.45) is 5.08. The third-order valence-corrected chi connectivity index (χ3v) is 3.16. The summed E-state index contributed by atoms with van der Waals surface area (Å²) < 4.78 is 0. The summed E-state index contributed by atoms with van der Waals surface area (Å²) in [6, 6.07) is 0.573. The van der Waals surface area contributed by atoms with Gasteiger partial charge >= 0.3 is 0 Å². The Labute approximate surface area is 86.9 Å². The number of amides is 1. The Morgan fingerprint density at radius 3 is 2.64 bits per heavy atom. The predicted octanol–water partition coefficient (Wildman–Crippen LogP) is 1.24. The monoisotopic (exact) mass is 198 g/mol. The zero-order chi connectivity index (χ0) is 10.6. The lowest BCUT2D eigenvalue weighted by atomic mass is 10.1. The fourth-order valence-electron chi connectivity index (χ4n) is 2.02. The number of nitrogens with zero attached hydrogens (tertiary/aromatic N) is 1. The van der Waals surface area contributed by atoms with Gasteiger partial charge in [-0.05, 0) is 25.2 Å². The van der Waals surface area contributed by atoms with Gasteiger partial charge in [0.1, 0.15) is 0 Å². The summed E-state index contributed by atoms with van der Waals surface area (Å²) in [4.78, 5) is 13.0. The van der Waals surface area contributed by atoms with Crippen LogP contribution in [0.4, 0.5) is 0 Å². The largest absolute Gasteiger partial charge is 0.348 e. The number of hydrogen-bond acceptors (Lipinski definition) is 2. The van der Waals surface area contributed by atoms with Crippen LogP contribution in [0.3, 0.4) is 0 Å². The van der Waals surface area contributed by atoms with E-state index in [2.05, 4.69) is 12.2 Å². The Morgan fingerprint density at radius 2 is 2.14 bits per heavy atom. The molecule has 1 rings (SSSR count). The van der Waals surface area contributed by atoms with Crippen LogP contribution >= 0.6 is 0 Å². The van der Waals surface area contributed by atoms with Crippen molar-refractivity contribution in [3.8, 4) is 0 Å². The van der Waals surface area contributed by atoms with Gasteiger partial charge in [0.2, 0.25) is 5.91 Å². The standard InChI is InChI=1S/C11H22N2O/c1-4-9-5-6-10(7-9)12-8-11(14)13(2)3/h9-10,12H,4-8H2,1-3H3. The van der Waals surface area contributed by atoms with Gasteiger partial charge in [-0.3, -0.25) is 4.79 Å². The van der Waals surface area contributed by atoms with Gasteiger partial charge in [-0.2, -0.15) is 0 Å². The van der Waals surface area contributed by atoms with Gasteiger partial charge < -0.3 is 10.2 Å². The third-order valence-electron chi connectivity index (χ3n) is 3.16. The van der Waals surface area contributed by atoms with Crippen molar-refractivity contribution in [3.05, 3.63) is 0 Å². The lowest BCUT2D eigenvalue weighted by Gasteiger charge is -2.15. The smallest absolute Gasteiger partial charge is 0.236 e. The molecule has 1 aliphatic carbocycles. The van der Waals surface area contributed by atoms with E-state index in [0.29, 0.717) is 12.6 Å². The normalized spacial score (nSPS) is 26.5. The molecule has 1 N–H and O–H groups in total. The summed E-state index contributed by atoms with van der Waals surface area (Å²) in [7, 11) is 3.60. The van der Waals surface area contributed by atoms with Gasteiger partial charge in [-0.15, -0.1) is 0 Å². The highest BCUT2D eigenvalue weighted by molar-refractivity contribution is 5.77. The van der Waals surface area contributed by atoms with Crippen LogP contribution in [0.25, 0.3) is 0 Å². The van der Waals surface area contributed by atoms with Crippen LogP contribution in [0.15, 0.2) is 0 Å². The van der Waals surface area contributed by atoms with E-state index in [1.165, 1.54) is 25.7 Å². The van der Waals surface area contributed by atoms with Crippen LogP contribution in [-0.4, -0.2) is 37.5 Å². The molecular formula is C11H22N2O. The van der Waals surface area contributed by atoms with Crippen LogP contribution in [0, 0.1) is 5.92 Å². The first-order chi connectivity index (χ1) is 6.63. The fraction of sp³-hybridized carbons (Fsp3) is 0.909. The molecule has 0 aromatic heterocycles. The molecule has 0 heterocycles. The molecule has 0 aromatic carbocycles. The number of hydrogen-bond donors (Lipinski definition) is 1. The molecule has 1 amide bonds. The van der Waals surface area contributed by atoms with Crippen molar-refractivity contribution in [1.82, 2.24) is 10.2 Å². The highest BCUT2D eigenvalue weighted by Gasteiger charge is 2.23. The van der Waals surface area contributed by atoms with E-state index in [0.717, 1.165) is 5.92 Å². The number of nitrogens with one attached hydrogen (secondary N) is 1. The lowest BCUT2D eigenvalue weighted by molar-refractivity contribution is -0.127. The molecule has 14 heavy (non-hydrogen) atoms. The van der Waals surface area contributed by atoms with Crippen molar-refractivity contribution in [2.75, 3.05) is 20.6 Å². The molecule has 1 fully saturated rings. The molecule has 0 bridgehead atoms. The lowest BCUT2D eigenvalue weighted by Crippen LogP contribution is -2.37. The summed E-state index contributed by atoms with van der Waals surface area (Å²) in [5.74, 6) is 1.05. The molecule has 1 saturated carbocycles. The van der Waals surface area contributed by atoms with Crippen molar-refractivity contribution in [2.45, 2.75) is 38.6 Å². The van der Waals surface area contributed by atoms with Crippen LogP contribution in [0.1, 0.15) is 32.6 Å². The van der Waals surface area contributed by atoms with Crippen molar-refractivity contribution < 1.29 is 4.79 Å². The molecule has 0 spiro atoms. The second-order valence-corrected chi connectivity index (χ2v) is 4.45. The fourth-order valence-corrected chi connectivity index (χ4v) is 2.02. The van der Waals surface area contributed by atoms with E-state index < -0.39 is 0 Å². The molecule has 3 heteroatoms. The summed E-state index contributed by atoms with van der Waals surface area (Å²) >= 11 is 0. The molecule has 0 radical (unpaired) electrons. The van der Waals surface area contributed by atoms with Crippen LogP contribution in [0.2, 0.25) is 0 Å². The maximum absolute atomic E-state index is 11.3. The minimum Gasteiger partial charge on any atom is -0.348 e. The van der Waals surface area contributed by atoms with Crippen LogP contribution < -0.4 is 5.32 Å². The van der Waals surface area contributed by atoms with Crippen LogP contribution in [0.5, 0.6) is 0 Å². The highest BCUT2D eigenvalue weighted by atomic mass is 16.2. The second kappa shape index (κ2) is 5.35. The van der Waals surface area contributed by atoms with Crippen molar-refractivity contribution in [3.63, 3.8) is 0 Å². The van der Waals surface area contributed by atoms with Gasteiger partial charge in [0.05, 0.1) is 6.54 Å². The van der Waals surface area contributed by atoms with E-state index in [9.17, 15) is 4.79 Å². The molecule has 1 aliphatic rings. The topological polar surface area (TPSA) is 32.3 Å². The Morgan fingerprint density at radius 1 is 1.43 bits per heavy atom. The SMILES string of the molecule is CCC1CCC(NCC(=O)N(C)C)C1. The first-order valence-electron chi connectivity index (χ1n) is 5.57. The number of carbonyl (C=O) groups excluding carboxylic acids is 1. The van der Waals surface area contributed by atoms with E-state index in [1.807, 2.05) is 0 Å². The van der Waals surface area contributed by atoms with Crippen LogP contribution in [-0.2, 0) is 4.79 Å². The maximum Gasteiger partial charge on any atom is 0.236 e. The second-order valence-electron chi connectivity index (χ2n) is 4.45. The minimum absolute atomic E-state index is 0.171. The summed E-state index contributed by atoms with van der Waals surface area (Å²) in [6.45, 7) is 2.74. The Bertz CT molecular complexity index is 192. The van der Waals surface area contributed by atoms with E-state index in [-0.39, 0.29) is 5.91 Å². The summed E-state index contributed by atoms with van der Waals surface area (Å²) in [5.41, 5.74) is 0. The molecule has 2 unspecified atom stereocenters. The average molecular weight is 198 g/mol. The molecule has 3 nitrogen and oxygen atoms in total. The maximum atomic E-state index is 11.3. The van der Waals surface area contributed by atoms with Gasteiger partial charge in [-0.25, -0.2) is 0 Å². The zero-order valence-electron chi connectivity index (χ0n) is 9.55. The molecule has 2 atom stereocenters. The Kier molecular flexibility index (Phi) is 4.39. The zero-order valence-corrected chi connectivity index (χ0v) is 9.55. The van der Waals surface area contributed by atoms with Crippen molar-refractivity contribution >= 4 is 5.91 Å². The van der Waals surface area contributed by atoms with Gasteiger partial charge in [-0.1, -0.05) is 13.3 Å². The molecular weight excluding hydrogens is 176 g/mol.